The van der Waals surface area contributed by atoms with E-state index in [4.69, 9.17) is 0 Å². The number of carbonyl (C=O) groups excluding carboxylic acids is 3. The molecular formula is C14H15NO3. The minimum Gasteiger partial charge on any atom is -0.344 e. The van der Waals surface area contributed by atoms with Crippen LogP contribution in [-0.4, -0.2) is 21.9 Å². The molecule has 0 aliphatic heterocycles. The second-order valence-corrected chi connectivity index (χ2v) is 4.71. The number of nitrogens with zero attached hydrogens (tertiary/aromatic N) is 1. The Balaban J connectivity index is 2.91. The summed E-state index contributed by atoms with van der Waals surface area (Å²) >= 11 is 0. The van der Waals surface area contributed by atoms with Crippen molar-refractivity contribution in [3.8, 4) is 0 Å². The van der Waals surface area contributed by atoms with E-state index < -0.39 is 0 Å². The Bertz CT molecular complexity index is 644. The van der Waals surface area contributed by atoms with E-state index in [2.05, 4.69) is 0 Å². The van der Waals surface area contributed by atoms with Crippen LogP contribution in [0.4, 0.5) is 0 Å². The molecule has 0 radical (unpaired) electrons. The largest absolute Gasteiger partial charge is 0.344 e. The summed E-state index contributed by atoms with van der Waals surface area (Å²) in [5, 5.41) is 0. The van der Waals surface area contributed by atoms with Crippen LogP contribution in [0, 0.1) is 6.92 Å². The third kappa shape index (κ3) is 1.35. The number of ketones is 3. The zero-order chi connectivity index (χ0) is 13.8. The molecule has 1 aromatic rings. The molecule has 0 unspecified atom stereocenters. The Labute approximate surface area is 105 Å². The van der Waals surface area contributed by atoms with Gasteiger partial charge in [-0.05, 0) is 27.7 Å². The second-order valence-electron chi connectivity index (χ2n) is 4.71. The van der Waals surface area contributed by atoms with Crippen molar-refractivity contribution < 1.29 is 14.4 Å². The van der Waals surface area contributed by atoms with Crippen LogP contribution in [-0.2, 0) is 7.05 Å². The van der Waals surface area contributed by atoms with Crippen molar-refractivity contribution in [2.45, 2.75) is 27.7 Å². The summed E-state index contributed by atoms with van der Waals surface area (Å²) in [6.07, 6.45) is 0. The number of rotatable bonds is 1. The Morgan fingerprint density at radius 3 is 2.00 bits per heavy atom. The van der Waals surface area contributed by atoms with Crippen molar-refractivity contribution in [1.82, 2.24) is 4.57 Å². The molecule has 0 N–H and O–H groups in total. The van der Waals surface area contributed by atoms with Gasteiger partial charge in [0.25, 0.3) is 0 Å². The fourth-order valence-electron chi connectivity index (χ4n) is 2.43. The molecule has 1 aliphatic rings. The first-order valence-corrected chi connectivity index (χ1v) is 5.76. The fourth-order valence-corrected chi connectivity index (χ4v) is 2.43. The first-order chi connectivity index (χ1) is 8.29. The zero-order valence-corrected chi connectivity index (χ0v) is 11.2. The van der Waals surface area contributed by atoms with E-state index in [1.165, 1.54) is 6.92 Å². The molecule has 0 spiro atoms. The first kappa shape index (κ1) is 12.5. The summed E-state index contributed by atoms with van der Waals surface area (Å²) < 4.78 is 1.64. The first-order valence-electron chi connectivity index (χ1n) is 5.76. The average Bonchev–Trinajstić information content (AvgIpc) is 2.57. The molecule has 1 aliphatic carbocycles. The molecule has 2 rings (SSSR count). The Morgan fingerprint density at radius 1 is 1.00 bits per heavy atom. The molecule has 94 valence electrons. The van der Waals surface area contributed by atoms with Crippen LogP contribution in [0.2, 0.25) is 0 Å². The molecule has 0 saturated carbocycles. The van der Waals surface area contributed by atoms with Gasteiger partial charge in [-0.25, -0.2) is 0 Å². The smallest absolute Gasteiger partial charge is 0.206 e. The van der Waals surface area contributed by atoms with E-state index >= 15 is 0 Å². The lowest BCUT2D eigenvalue weighted by Crippen LogP contribution is -2.22. The molecule has 0 fully saturated rings. The SMILES string of the molecule is CC(=O)c1c2c(n(C)c1C)C(=O)C(C)=C(C)C2=O. The van der Waals surface area contributed by atoms with Gasteiger partial charge in [0, 0.05) is 29.5 Å². The molecule has 0 bridgehead atoms. The highest BCUT2D eigenvalue weighted by molar-refractivity contribution is 6.29. The highest BCUT2D eigenvalue weighted by Gasteiger charge is 2.35. The lowest BCUT2D eigenvalue weighted by Gasteiger charge is -2.15. The summed E-state index contributed by atoms with van der Waals surface area (Å²) in [4.78, 5) is 36.2. The minimum atomic E-state index is -0.212. The van der Waals surface area contributed by atoms with Crippen molar-refractivity contribution >= 4 is 17.3 Å². The van der Waals surface area contributed by atoms with Crippen molar-refractivity contribution in [3.63, 3.8) is 0 Å². The van der Waals surface area contributed by atoms with E-state index in [-0.39, 0.29) is 22.9 Å². The molecule has 1 aromatic heterocycles. The summed E-state index contributed by atoms with van der Waals surface area (Å²) in [5.74, 6) is -0.561. The maximum Gasteiger partial charge on any atom is 0.206 e. The van der Waals surface area contributed by atoms with Gasteiger partial charge < -0.3 is 4.57 Å². The molecule has 4 nitrogen and oxygen atoms in total. The third-order valence-corrected chi connectivity index (χ3v) is 3.73. The van der Waals surface area contributed by atoms with Gasteiger partial charge in [-0.1, -0.05) is 0 Å². The topological polar surface area (TPSA) is 56.1 Å². The van der Waals surface area contributed by atoms with Crippen molar-refractivity contribution in [1.29, 1.82) is 0 Å². The van der Waals surface area contributed by atoms with E-state index in [1.807, 2.05) is 0 Å². The molecule has 4 heteroatoms. The van der Waals surface area contributed by atoms with Gasteiger partial charge in [0.15, 0.2) is 11.6 Å². The minimum absolute atomic E-state index is 0.166. The number of fused-ring (bicyclic) bond motifs is 1. The Morgan fingerprint density at radius 2 is 1.50 bits per heavy atom. The van der Waals surface area contributed by atoms with Crippen molar-refractivity contribution in [2.24, 2.45) is 7.05 Å². The van der Waals surface area contributed by atoms with E-state index in [1.54, 1.807) is 32.4 Å². The Hall–Kier alpha value is -1.97. The monoisotopic (exact) mass is 245 g/mol. The van der Waals surface area contributed by atoms with Gasteiger partial charge in [0.05, 0.1) is 5.56 Å². The molecule has 0 aromatic carbocycles. The number of hydrogen-bond donors (Lipinski definition) is 0. The van der Waals surface area contributed by atoms with Crippen molar-refractivity contribution in [2.75, 3.05) is 0 Å². The van der Waals surface area contributed by atoms with Crippen LogP contribution in [0.5, 0.6) is 0 Å². The number of hydrogen-bond acceptors (Lipinski definition) is 3. The normalized spacial score (nSPS) is 15.2. The molecule has 18 heavy (non-hydrogen) atoms. The fraction of sp³-hybridized carbons (Fsp3) is 0.357. The van der Waals surface area contributed by atoms with E-state index in [0.29, 0.717) is 28.1 Å². The number of aromatic nitrogens is 1. The molecule has 0 amide bonds. The van der Waals surface area contributed by atoms with Gasteiger partial charge in [-0.2, -0.15) is 0 Å². The summed E-state index contributed by atoms with van der Waals surface area (Å²) in [7, 11) is 1.71. The van der Waals surface area contributed by atoms with Crippen LogP contribution in [0.1, 0.15) is 57.7 Å². The Kier molecular flexibility index (Phi) is 2.61. The predicted molar refractivity (Wildman–Crippen MR) is 67.2 cm³/mol. The second kappa shape index (κ2) is 3.77. The maximum absolute atomic E-state index is 12.3. The van der Waals surface area contributed by atoms with Crippen LogP contribution in [0.15, 0.2) is 11.1 Å². The van der Waals surface area contributed by atoms with Gasteiger partial charge in [0.2, 0.25) is 5.78 Å². The highest BCUT2D eigenvalue weighted by Crippen LogP contribution is 2.32. The van der Waals surface area contributed by atoms with Gasteiger partial charge >= 0.3 is 0 Å². The van der Waals surface area contributed by atoms with Crippen LogP contribution < -0.4 is 0 Å². The van der Waals surface area contributed by atoms with Crippen LogP contribution >= 0.6 is 0 Å². The third-order valence-electron chi connectivity index (χ3n) is 3.73. The quantitative estimate of drug-likeness (QED) is 0.713. The van der Waals surface area contributed by atoms with E-state index in [9.17, 15) is 14.4 Å². The van der Waals surface area contributed by atoms with E-state index in [0.717, 1.165) is 0 Å². The molecule has 1 heterocycles. The van der Waals surface area contributed by atoms with Gasteiger partial charge in [0.1, 0.15) is 5.69 Å². The highest BCUT2D eigenvalue weighted by atomic mass is 16.1. The molecule has 0 saturated heterocycles. The standard InChI is InChI=1S/C14H15NO3/c1-6-7(2)14(18)12-11(13(6)17)10(9(4)16)8(3)15(12)5/h1-5H3. The zero-order valence-electron chi connectivity index (χ0n) is 11.2. The number of allylic oxidation sites excluding steroid dienone is 2. The molecule has 0 atom stereocenters. The summed E-state index contributed by atoms with van der Waals surface area (Å²) in [6, 6.07) is 0. The van der Waals surface area contributed by atoms with Gasteiger partial charge in [-0.3, -0.25) is 14.4 Å². The summed E-state index contributed by atoms with van der Waals surface area (Å²) in [6.45, 7) is 6.44. The van der Waals surface area contributed by atoms with Crippen LogP contribution in [0.3, 0.4) is 0 Å². The summed E-state index contributed by atoms with van der Waals surface area (Å²) in [5.41, 5.74) is 2.54. The predicted octanol–water partition coefficient (Wildman–Crippen LogP) is 2.25. The average molecular weight is 245 g/mol. The lowest BCUT2D eigenvalue weighted by molar-refractivity contribution is 0.0963. The number of Topliss-reactive ketones (excluding diaryl/α,β-unsaturated/α-hetero) is 3. The van der Waals surface area contributed by atoms with Crippen molar-refractivity contribution in [3.05, 3.63) is 33.7 Å². The molecular weight excluding hydrogens is 230 g/mol. The van der Waals surface area contributed by atoms with Gasteiger partial charge in [-0.15, -0.1) is 0 Å². The van der Waals surface area contributed by atoms with Crippen LogP contribution in [0.25, 0.3) is 0 Å². The lowest BCUT2D eigenvalue weighted by atomic mass is 9.87. The number of carbonyl (C=O) groups is 3. The maximum atomic E-state index is 12.3.